The lowest BCUT2D eigenvalue weighted by molar-refractivity contribution is -0.227. The van der Waals surface area contributed by atoms with Gasteiger partial charge in [0.1, 0.15) is 0 Å². The molecule has 1 aliphatic heterocycles. The molecule has 0 aromatic heterocycles. The highest BCUT2D eigenvalue weighted by atomic mass is 16.7. The van der Waals surface area contributed by atoms with Crippen LogP contribution in [0.5, 0.6) is 0 Å². The van der Waals surface area contributed by atoms with Crippen molar-refractivity contribution >= 4 is 11.7 Å². The predicted molar refractivity (Wildman–Crippen MR) is 74.3 cm³/mol. The fraction of sp³-hybridized carbons (Fsp3) is 0.125. The highest BCUT2D eigenvalue weighted by molar-refractivity contribution is 6.16. The number of ketones is 1. The van der Waals surface area contributed by atoms with Gasteiger partial charge in [0.25, 0.3) is 11.6 Å². The summed E-state index contributed by atoms with van der Waals surface area (Å²) in [4.78, 5) is 30.2. The van der Waals surface area contributed by atoms with Crippen molar-refractivity contribution in [3.8, 4) is 0 Å². The Hall–Kier alpha value is -2.50. The molecule has 0 saturated carbocycles. The van der Waals surface area contributed by atoms with Crippen LogP contribution in [0.15, 0.2) is 54.6 Å². The smallest absolute Gasteiger partial charge is 0.281 e. The summed E-state index contributed by atoms with van der Waals surface area (Å²) in [5.74, 6) is -1.15. The van der Waals surface area contributed by atoms with Crippen molar-refractivity contribution in [3.63, 3.8) is 0 Å². The summed E-state index contributed by atoms with van der Waals surface area (Å²) in [7, 11) is 1.24. The average molecular weight is 283 g/mol. The lowest BCUT2D eigenvalue weighted by Gasteiger charge is -2.40. The van der Waals surface area contributed by atoms with Gasteiger partial charge in [-0.25, -0.2) is 0 Å². The average Bonchev–Trinajstić information content (AvgIpc) is 2.54. The molecule has 5 heteroatoms. The van der Waals surface area contributed by atoms with Crippen molar-refractivity contribution in [2.24, 2.45) is 0 Å². The van der Waals surface area contributed by atoms with E-state index in [0.29, 0.717) is 5.06 Å². The van der Waals surface area contributed by atoms with E-state index >= 15 is 0 Å². The van der Waals surface area contributed by atoms with Gasteiger partial charge in [0, 0.05) is 11.1 Å². The first-order valence-corrected chi connectivity index (χ1v) is 6.41. The quantitative estimate of drug-likeness (QED) is 0.911. The van der Waals surface area contributed by atoms with E-state index in [4.69, 9.17) is 4.84 Å². The van der Waals surface area contributed by atoms with Crippen molar-refractivity contribution in [2.45, 2.75) is 5.72 Å². The predicted octanol–water partition coefficient (Wildman–Crippen LogP) is 1.73. The number of carbonyl (C=O) groups is 2. The molecule has 5 nitrogen and oxygen atoms in total. The number of nitrogens with zero attached hydrogens (tertiary/aromatic N) is 1. The third kappa shape index (κ3) is 1.79. The Balaban J connectivity index is 2.26. The zero-order valence-corrected chi connectivity index (χ0v) is 11.3. The molecule has 1 heterocycles. The van der Waals surface area contributed by atoms with E-state index < -0.39 is 17.4 Å². The van der Waals surface area contributed by atoms with Crippen LogP contribution in [-0.4, -0.2) is 29.0 Å². The maximum absolute atomic E-state index is 12.7. The maximum atomic E-state index is 12.7. The first-order chi connectivity index (χ1) is 10.1. The molecule has 21 heavy (non-hydrogen) atoms. The van der Waals surface area contributed by atoms with Gasteiger partial charge in [0.15, 0.2) is 0 Å². The monoisotopic (exact) mass is 283 g/mol. The van der Waals surface area contributed by atoms with Crippen LogP contribution in [0.3, 0.4) is 0 Å². The Labute approximate surface area is 121 Å². The van der Waals surface area contributed by atoms with E-state index in [1.54, 1.807) is 42.5 Å². The first-order valence-electron chi connectivity index (χ1n) is 6.41. The van der Waals surface area contributed by atoms with Gasteiger partial charge in [0.05, 0.1) is 12.7 Å². The van der Waals surface area contributed by atoms with Crippen LogP contribution >= 0.6 is 0 Å². The molecule has 0 unspecified atom stereocenters. The Kier molecular flexibility index (Phi) is 3.08. The number of benzene rings is 2. The molecule has 0 aliphatic carbocycles. The van der Waals surface area contributed by atoms with Gasteiger partial charge < -0.3 is 5.11 Å². The number of Topliss-reactive ketones (excluding diaryl/α,β-unsaturated/α-hetero) is 1. The Morgan fingerprint density at radius 3 is 2.14 bits per heavy atom. The summed E-state index contributed by atoms with van der Waals surface area (Å²) in [6.45, 7) is 0. The third-order valence-corrected chi connectivity index (χ3v) is 3.56. The fourth-order valence-electron chi connectivity index (χ4n) is 2.54. The second-order valence-corrected chi connectivity index (χ2v) is 4.70. The normalized spacial score (nSPS) is 21.3. The minimum absolute atomic E-state index is 0.183. The van der Waals surface area contributed by atoms with E-state index in [1.807, 2.05) is 0 Å². The lowest BCUT2D eigenvalue weighted by Crippen LogP contribution is -2.57. The molecule has 1 aliphatic rings. The van der Waals surface area contributed by atoms with Gasteiger partial charge in [-0.15, -0.1) is 0 Å². The number of rotatable bonds is 2. The second-order valence-electron chi connectivity index (χ2n) is 4.70. The standard InChI is InChI=1S/C16H13NO4/c1-21-17-15(19)13-10-6-5-9-12(13)14(18)16(17,20)11-7-3-2-4-8-11/h2-10,20H,1H3/t16-/m1/s1. The molecule has 1 amide bonds. The van der Waals surface area contributed by atoms with Crippen LogP contribution in [0.1, 0.15) is 26.3 Å². The van der Waals surface area contributed by atoms with E-state index in [-0.39, 0.29) is 16.7 Å². The summed E-state index contributed by atoms with van der Waals surface area (Å²) in [6.07, 6.45) is 0. The van der Waals surface area contributed by atoms with Crippen molar-refractivity contribution in [1.29, 1.82) is 0 Å². The molecule has 1 atom stereocenters. The SMILES string of the molecule is CON1C(=O)c2ccccc2C(=O)[C@]1(O)c1ccccc1. The molecule has 3 rings (SSSR count). The molecule has 0 bridgehead atoms. The van der Waals surface area contributed by atoms with E-state index in [2.05, 4.69) is 0 Å². The third-order valence-electron chi connectivity index (χ3n) is 3.56. The number of hydrogen-bond acceptors (Lipinski definition) is 4. The minimum atomic E-state index is -2.17. The van der Waals surface area contributed by atoms with Crippen LogP contribution in [0, 0.1) is 0 Å². The summed E-state index contributed by atoms with van der Waals surface area (Å²) in [5, 5.41) is 11.6. The Morgan fingerprint density at radius 1 is 0.952 bits per heavy atom. The highest BCUT2D eigenvalue weighted by Gasteiger charge is 2.52. The summed E-state index contributed by atoms with van der Waals surface area (Å²) >= 11 is 0. The van der Waals surface area contributed by atoms with Crippen molar-refractivity contribution in [3.05, 3.63) is 71.3 Å². The zero-order chi connectivity index (χ0) is 15.0. The molecule has 0 saturated heterocycles. The summed E-state index contributed by atoms with van der Waals surface area (Å²) in [5.41, 5.74) is -1.49. The Morgan fingerprint density at radius 2 is 1.52 bits per heavy atom. The van der Waals surface area contributed by atoms with E-state index in [0.717, 1.165) is 0 Å². The number of carbonyl (C=O) groups excluding carboxylic acids is 2. The van der Waals surface area contributed by atoms with Crippen LogP contribution in [0.25, 0.3) is 0 Å². The second kappa shape index (κ2) is 4.80. The number of aliphatic hydroxyl groups is 1. The number of amides is 1. The zero-order valence-electron chi connectivity index (χ0n) is 11.3. The van der Waals surface area contributed by atoms with E-state index in [9.17, 15) is 14.7 Å². The number of fused-ring (bicyclic) bond motifs is 1. The number of hydroxylamine groups is 2. The molecular formula is C16H13NO4. The van der Waals surface area contributed by atoms with E-state index in [1.165, 1.54) is 19.2 Å². The van der Waals surface area contributed by atoms with Crippen molar-refractivity contribution < 1.29 is 19.5 Å². The van der Waals surface area contributed by atoms with Gasteiger partial charge in [-0.3, -0.25) is 14.4 Å². The lowest BCUT2D eigenvalue weighted by atomic mass is 9.86. The topological polar surface area (TPSA) is 66.8 Å². The molecule has 0 spiro atoms. The molecule has 1 N–H and O–H groups in total. The van der Waals surface area contributed by atoms with Gasteiger partial charge in [-0.2, -0.15) is 5.06 Å². The first kappa shape index (κ1) is 13.5. The van der Waals surface area contributed by atoms with Crippen LogP contribution < -0.4 is 0 Å². The Bertz CT molecular complexity index is 713. The van der Waals surface area contributed by atoms with Crippen LogP contribution in [-0.2, 0) is 10.6 Å². The minimum Gasteiger partial charge on any atom is -0.359 e. The fourth-order valence-corrected chi connectivity index (χ4v) is 2.54. The number of hydrogen-bond donors (Lipinski definition) is 1. The maximum Gasteiger partial charge on any atom is 0.281 e. The van der Waals surface area contributed by atoms with Crippen LogP contribution in [0.2, 0.25) is 0 Å². The molecule has 2 aromatic rings. The molecule has 0 radical (unpaired) electrons. The molecule has 0 fully saturated rings. The summed E-state index contributed by atoms with van der Waals surface area (Å²) in [6, 6.07) is 14.6. The van der Waals surface area contributed by atoms with Gasteiger partial charge in [-0.05, 0) is 6.07 Å². The molecular weight excluding hydrogens is 270 g/mol. The molecule has 106 valence electrons. The van der Waals surface area contributed by atoms with Crippen molar-refractivity contribution in [1.82, 2.24) is 5.06 Å². The molecule has 2 aromatic carbocycles. The van der Waals surface area contributed by atoms with Crippen LogP contribution in [0.4, 0.5) is 0 Å². The van der Waals surface area contributed by atoms with Gasteiger partial charge >= 0.3 is 0 Å². The van der Waals surface area contributed by atoms with Gasteiger partial charge in [-0.1, -0.05) is 48.5 Å². The van der Waals surface area contributed by atoms with Gasteiger partial charge in [0.2, 0.25) is 5.78 Å². The highest BCUT2D eigenvalue weighted by Crippen LogP contribution is 2.36. The van der Waals surface area contributed by atoms with Crippen molar-refractivity contribution in [2.75, 3.05) is 7.11 Å². The summed E-state index contributed by atoms with van der Waals surface area (Å²) < 4.78 is 0. The largest absolute Gasteiger partial charge is 0.359 e.